The van der Waals surface area contributed by atoms with Crippen molar-refractivity contribution >= 4 is 5.69 Å². The third-order valence-electron chi connectivity index (χ3n) is 2.74. The summed E-state index contributed by atoms with van der Waals surface area (Å²) >= 11 is 0. The maximum Gasteiger partial charge on any atom is 0.573 e. The van der Waals surface area contributed by atoms with E-state index in [0.717, 1.165) is 11.3 Å². The van der Waals surface area contributed by atoms with Crippen LogP contribution in [-0.4, -0.2) is 13.5 Å². The fourth-order valence-electron chi connectivity index (χ4n) is 1.72. The Balaban J connectivity index is 1.91. The van der Waals surface area contributed by atoms with Crippen LogP contribution in [0.3, 0.4) is 0 Å². The van der Waals surface area contributed by atoms with Crippen molar-refractivity contribution in [3.05, 3.63) is 54.1 Å². The molecule has 112 valence electrons. The highest BCUT2D eigenvalue weighted by molar-refractivity contribution is 5.47. The molecule has 21 heavy (non-hydrogen) atoms. The molecule has 1 N–H and O–H groups in total. The van der Waals surface area contributed by atoms with Crippen LogP contribution in [0.2, 0.25) is 0 Å². The van der Waals surface area contributed by atoms with E-state index in [0.29, 0.717) is 12.2 Å². The minimum Gasteiger partial charge on any atom is -0.497 e. The van der Waals surface area contributed by atoms with Crippen molar-refractivity contribution in [2.75, 3.05) is 12.4 Å². The van der Waals surface area contributed by atoms with E-state index in [-0.39, 0.29) is 5.75 Å². The van der Waals surface area contributed by atoms with Crippen molar-refractivity contribution < 1.29 is 22.6 Å². The molecule has 2 aromatic carbocycles. The summed E-state index contributed by atoms with van der Waals surface area (Å²) in [7, 11) is 1.60. The molecule has 0 bridgehead atoms. The average Bonchev–Trinajstić information content (AvgIpc) is 2.45. The fourth-order valence-corrected chi connectivity index (χ4v) is 1.72. The van der Waals surface area contributed by atoms with E-state index >= 15 is 0 Å². The van der Waals surface area contributed by atoms with Gasteiger partial charge in [0, 0.05) is 12.2 Å². The number of methoxy groups -OCH3 is 1. The van der Waals surface area contributed by atoms with Gasteiger partial charge >= 0.3 is 6.36 Å². The zero-order chi connectivity index (χ0) is 15.3. The highest BCUT2D eigenvalue weighted by atomic mass is 19.4. The summed E-state index contributed by atoms with van der Waals surface area (Å²) in [5.74, 6) is 0.532. The number of nitrogens with one attached hydrogen (secondary N) is 1. The van der Waals surface area contributed by atoms with Gasteiger partial charge in [0.1, 0.15) is 11.5 Å². The maximum atomic E-state index is 12.0. The first-order valence-corrected chi connectivity index (χ1v) is 6.19. The first-order chi connectivity index (χ1) is 9.96. The number of rotatable bonds is 5. The van der Waals surface area contributed by atoms with Crippen molar-refractivity contribution in [1.82, 2.24) is 0 Å². The van der Waals surface area contributed by atoms with E-state index in [1.54, 1.807) is 7.11 Å². The Hall–Kier alpha value is -2.37. The third kappa shape index (κ3) is 4.91. The topological polar surface area (TPSA) is 30.5 Å². The molecule has 0 aromatic heterocycles. The average molecular weight is 297 g/mol. The normalized spacial score (nSPS) is 11.0. The summed E-state index contributed by atoms with van der Waals surface area (Å²) in [6, 6.07) is 13.1. The number of anilines is 1. The van der Waals surface area contributed by atoms with Crippen molar-refractivity contribution in [1.29, 1.82) is 0 Å². The van der Waals surface area contributed by atoms with Crippen LogP contribution >= 0.6 is 0 Å². The van der Waals surface area contributed by atoms with Crippen LogP contribution in [0.5, 0.6) is 11.5 Å². The van der Waals surface area contributed by atoms with E-state index in [1.807, 2.05) is 24.3 Å². The van der Waals surface area contributed by atoms with Gasteiger partial charge in [-0.2, -0.15) is 0 Å². The molecule has 0 heterocycles. The van der Waals surface area contributed by atoms with Gasteiger partial charge in [0.25, 0.3) is 0 Å². The molecule has 0 saturated carbocycles. The van der Waals surface area contributed by atoms with Crippen LogP contribution in [0.15, 0.2) is 48.5 Å². The van der Waals surface area contributed by atoms with Crippen LogP contribution in [0.1, 0.15) is 5.56 Å². The highest BCUT2D eigenvalue weighted by Gasteiger charge is 2.30. The quantitative estimate of drug-likeness (QED) is 0.897. The van der Waals surface area contributed by atoms with E-state index in [2.05, 4.69) is 10.1 Å². The molecule has 6 heteroatoms. The van der Waals surface area contributed by atoms with Crippen LogP contribution in [0.25, 0.3) is 0 Å². The zero-order valence-electron chi connectivity index (χ0n) is 11.3. The second kappa shape index (κ2) is 6.39. The van der Waals surface area contributed by atoms with Gasteiger partial charge in [0.15, 0.2) is 0 Å². The number of hydrogen-bond donors (Lipinski definition) is 1. The second-order valence-electron chi connectivity index (χ2n) is 4.27. The number of ether oxygens (including phenoxy) is 2. The molecular weight excluding hydrogens is 283 g/mol. The van der Waals surface area contributed by atoms with Gasteiger partial charge in [-0.3, -0.25) is 0 Å². The molecule has 0 aliphatic rings. The van der Waals surface area contributed by atoms with Gasteiger partial charge in [0.2, 0.25) is 0 Å². The lowest BCUT2D eigenvalue weighted by Gasteiger charge is -2.10. The lowest BCUT2D eigenvalue weighted by molar-refractivity contribution is -0.274. The van der Waals surface area contributed by atoms with Gasteiger partial charge in [-0.1, -0.05) is 12.1 Å². The van der Waals surface area contributed by atoms with Gasteiger partial charge in [0.05, 0.1) is 7.11 Å². The van der Waals surface area contributed by atoms with E-state index < -0.39 is 6.36 Å². The lowest BCUT2D eigenvalue weighted by Crippen LogP contribution is -2.17. The zero-order valence-corrected chi connectivity index (χ0v) is 11.3. The molecule has 0 amide bonds. The Kier molecular flexibility index (Phi) is 4.57. The molecule has 0 aliphatic heterocycles. The second-order valence-corrected chi connectivity index (χ2v) is 4.27. The summed E-state index contributed by atoms with van der Waals surface area (Å²) in [6.07, 6.45) is -4.67. The molecule has 2 aromatic rings. The first-order valence-electron chi connectivity index (χ1n) is 6.19. The van der Waals surface area contributed by atoms with Crippen molar-refractivity contribution in [3.8, 4) is 11.5 Å². The summed E-state index contributed by atoms with van der Waals surface area (Å²) in [5.41, 5.74) is 1.74. The SMILES string of the molecule is COc1ccc(CNc2ccc(OC(F)(F)F)cc2)cc1. The molecule has 2 rings (SSSR count). The number of alkyl halides is 3. The van der Waals surface area contributed by atoms with Crippen LogP contribution in [0, 0.1) is 0 Å². The fraction of sp³-hybridized carbons (Fsp3) is 0.200. The summed E-state index contributed by atoms with van der Waals surface area (Å²) in [6.45, 7) is 0.559. The molecular formula is C15H14F3NO2. The molecule has 0 saturated heterocycles. The van der Waals surface area contributed by atoms with E-state index in [9.17, 15) is 13.2 Å². The van der Waals surface area contributed by atoms with Crippen molar-refractivity contribution in [2.24, 2.45) is 0 Å². The summed E-state index contributed by atoms with van der Waals surface area (Å²) in [4.78, 5) is 0. The van der Waals surface area contributed by atoms with Gasteiger partial charge in [-0.05, 0) is 42.0 Å². The number of hydrogen-bond acceptors (Lipinski definition) is 3. The Labute approximate surface area is 120 Å². The summed E-state index contributed by atoms with van der Waals surface area (Å²) in [5, 5.41) is 3.11. The molecule has 3 nitrogen and oxygen atoms in total. The highest BCUT2D eigenvalue weighted by Crippen LogP contribution is 2.24. The first kappa shape index (κ1) is 15.0. The van der Waals surface area contributed by atoms with Crippen molar-refractivity contribution in [3.63, 3.8) is 0 Å². The lowest BCUT2D eigenvalue weighted by atomic mass is 10.2. The molecule has 0 atom stereocenters. The Morgan fingerprint density at radius 2 is 1.48 bits per heavy atom. The molecule has 0 radical (unpaired) electrons. The number of halogens is 3. The van der Waals surface area contributed by atoms with Gasteiger partial charge < -0.3 is 14.8 Å². The molecule has 0 unspecified atom stereocenters. The van der Waals surface area contributed by atoms with Crippen LogP contribution in [-0.2, 0) is 6.54 Å². The molecule has 0 fully saturated rings. The molecule has 0 spiro atoms. The van der Waals surface area contributed by atoms with Crippen molar-refractivity contribution in [2.45, 2.75) is 12.9 Å². The maximum absolute atomic E-state index is 12.0. The minimum atomic E-state index is -4.67. The third-order valence-corrected chi connectivity index (χ3v) is 2.74. The largest absolute Gasteiger partial charge is 0.573 e. The van der Waals surface area contributed by atoms with E-state index in [4.69, 9.17) is 4.74 Å². The van der Waals surface area contributed by atoms with Crippen LogP contribution < -0.4 is 14.8 Å². The Morgan fingerprint density at radius 3 is 2.00 bits per heavy atom. The number of benzene rings is 2. The van der Waals surface area contributed by atoms with Gasteiger partial charge in [-0.25, -0.2) is 0 Å². The smallest absolute Gasteiger partial charge is 0.497 e. The van der Waals surface area contributed by atoms with E-state index in [1.165, 1.54) is 24.3 Å². The van der Waals surface area contributed by atoms with Gasteiger partial charge in [-0.15, -0.1) is 13.2 Å². The predicted molar refractivity (Wildman–Crippen MR) is 73.4 cm³/mol. The predicted octanol–water partition coefficient (Wildman–Crippen LogP) is 4.21. The Morgan fingerprint density at radius 1 is 0.905 bits per heavy atom. The van der Waals surface area contributed by atoms with Crippen LogP contribution in [0.4, 0.5) is 18.9 Å². The monoisotopic (exact) mass is 297 g/mol. The Bertz CT molecular complexity index is 565. The molecule has 0 aliphatic carbocycles. The summed E-state index contributed by atoms with van der Waals surface area (Å²) < 4.78 is 44.9. The minimum absolute atomic E-state index is 0.238. The standard InChI is InChI=1S/C15H14F3NO2/c1-20-13-6-2-11(3-7-13)10-19-12-4-8-14(9-5-12)21-15(16,17)18/h2-9,19H,10H2,1H3.